The molecule has 2 heterocycles. The molecule has 0 aliphatic carbocycles. The Balaban J connectivity index is 2.14. The first-order valence-corrected chi connectivity index (χ1v) is 5.22. The molecule has 5 heteroatoms. The highest BCUT2D eigenvalue weighted by Crippen LogP contribution is 2.11. The average Bonchev–Trinajstić information content (AvgIpc) is 2.39. The Kier molecular flexibility index (Phi) is 3.48. The molecular weight excluding hydrogens is 208 g/mol. The Hall–Kier alpha value is -1.46. The summed E-state index contributed by atoms with van der Waals surface area (Å²) in [6, 6.07) is 3.20. The third-order valence-corrected chi connectivity index (χ3v) is 2.61. The minimum atomic E-state index is -0.249. The monoisotopic (exact) mass is 222 g/mol. The van der Waals surface area contributed by atoms with Crippen LogP contribution >= 0.6 is 0 Å². The molecule has 0 aromatic carbocycles. The Labute approximate surface area is 93.7 Å². The van der Waals surface area contributed by atoms with Gasteiger partial charge in [-0.1, -0.05) is 0 Å². The second-order valence-corrected chi connectivity index (χ2v) is 3.65. The van der Waals surface area contributed by atoms with Crippen LogP contribution in [0.25, 0.3) is 0 Å². The molecule has 1 saturated heterocycles. The Morgan fingerprint density at radius 3 is 3.25 bits per heavy atom. The van der Waals surface area contributed by atoms with Crippen molar-refractivity contribution in [3.05, 3.63) is 30.1 Å². The number of carbonyl (C=O) groups excluding carboxylic acids is 1. The van der Waals surface area contributed by atoms with Gasteiger partial charge in [-0.3, -0.25) is 9.78 Å². The van der Waals surface area contributed by atoms with Gasteiger partial charge in [-0.15, -0.1) is 0 Å². The fraction of sp³-hybridized carbons (Fsp3) is 0.455. The van der Waals surface area contributed by atoms with E-state index in [1.807, 2.05) is 0 Å². The van der Waals surface area contributed by atoms with Crippen molar-refractivity contribution < 1.29 is 14.6 Å². The number of pyridine rings is 1. The van der Waals surface area contributed by atoms with E-state index in [2.05, 4.69) is 4.98 Å². The number of aliphatic hydroxyl groups is 1. The van der Waals surface area contributed by atoms with Crippen LogP contribution in [0.1, 0.15) is 10.4 Å². The van der Waals surface area contributed by atoms with Crippen molar-refractivity contribution in [2.45, 2.75) is 6.04 Å². The molecular formula is C11H14N2O3. The number of carbonyl (C=O) groups is 1. The van der Waals surface area contributed by atoms with Crippen molar-refractivity contribution in [2.75, 3.05) is 26.4 Å². The zero-order valence-electron chi connectivity index (χ0n) is 8.87. The van der Waals surface area contributed by atoms with Gasteiger partial charge in [0.05, 0.1) is 31.4 Å². The molecule has 0 saturated carbocycles. The zero-order valence-corrected chi connectivity index (χ0v) is 8.87. The van der Waals surface area contributed by atoms with Gasteiger partial charge in [0, 0.05) is 18.9 Å². The number of nitrogens with zero attached hydrogens (tertiary/aromatic N) is 2. The van der Waals surface area contributed by atoms with E-state index in [4.69, 9.17) is 9.84 Å². The number of hydrogen-bond donors (Lipinski definition) is 1. The van der Waals surface area contributed by atoms with E-state index in [1.54, 1.807) is 23.2 Å². The van der Waals surface area contributed by atoms with E-state index in [9.17, 15) is 4.79 Å². The number of ether oxygens (including phenoxy) is 1. The van der Waals surface area contributed by atoms with Crippen molar-refractivity contribution >= 4 is 5.91 Å². The van der Waals surface area contributed by atoms with E-state index in [0.29, 0.717) is 25.3 Å². The molecule has 86 valence electrons. The number of amides is 1. The summed E-state index contributed by atoms with van der Waals surface area (Å²) in [6.45, 7) is 1.34. The Morgan fingerprint density at radius 1 is 1.69 bits per heavy atom. The Morgan fingerprint density at radius 2 is 2.56 bits per heavy atom. The third kappa shape index (κ3) is 2.20. The highest BCUT2D eigenvalue weighted by molar-refractivity contribution is 5.94. The smallest absolute Gasteiger partial charge is 0.255 e. The first-order chi connectivity index (χ1) is 7.83. The second-order valence-electron chi connectivity index (χ2n) is 3.65. The van der Waals surface area contributed by atoms with Crippen molar-refractivity contribution in [1.29, 1.82) is 0 Å². The maximum atomic E-state index is 12.1. The van der Waals surface area contributed by atoms with Gasteiger partial charge >= 0.3 is 0 Å². The molecule has 1 amide bonds. The molecule has 1 aromatic rings. The zero-order chi connectivity index (χ0) is 11.4. The van der Waals surface area contributed by atoms with E-state index in [-0.39, 0.29) is 18.6 Å². The largest absolute Gasteiger partial charge is 0.394 e. The molecule has 0 bridgehead atoms. The van der Waals surface area contributed by atoms with Gasteiger partial charge in [0.1, 0.15) is 0 Å². The highest BCUT2D eigenvalue weighted by atomic mass is 16.5. The molecule has 1 aliphatic heterocycles. The molecule has 0 radical (unpaired) electrons. The number of rotatable bonds is 2. The predicted molar refractivity (Wildman–Crippen MR) is 57.0 cm³/mol. The molecule has 2 rings (SSSR count). The van der Waals surface area contributed by atoms with Crippen molar-refractivity contribution in [3.8, 4) is 0 Å². The maximum absolute atomic E-state index is 12.1. The van der Waals surface area contributed by atoms with Gasteiger partial charge in [-0.25, -0.2) is 0 Å². The molecule has 1 N–H and O–H groups in total. The normalized spacial score (nSPS) is 20.8. The molecule has 1 aromatic heterocycles. The standard InChI is InChI=1S/C11H14N2O3/c14-7-10-8-16-5-4-13(10)11(15)9-2-1-3-12-6-9/h1-3,6,10,14H,4-5,7-8H2. The van der Waals surface area contributed by atoms with Crippen molar-refractivity contribution in [1.82, 2.24) is 9.88 Å². The lowest BCUT2D eigenvalue weighted by Gasteiger charge is -2.34. The fourth-order valence-corrected chi connectivity index (χ4v) is 1.73. The lowest BCUT2D eigenvalue weighted by atomic mass is 10.2. The lowest BCUT2D eigenvalue weighted by molar-refractivity contribution is -0.0184. The minimum absolute atomic E-state index is 0.0774. The van der Waals surface area contributed by atoms with E-state index < -0.39 is 0 Å². The SMILES string of the molecule is O=C(c1cccnc1)N1CCOCC1CO. The molecule has 1 atom stereocenters. The van der Waals surface area contributed by atoms with Crippen LogP contribution in [-0.4, -0.2) is 53.3 Å². The van der Waals surface area contributed by atoms with Gasteiger partial charge in [-0.2, -0.15) is 0 Å². The maximum Gasteiger partial charge on any atom is 0.255 e. The van der Waals surface area contributed by atoms with Gasteiger partial charge < -0.3 is 14.7 Å². The van der Waals surface area contributed by atoms with Crippen LogP contribution < -0.4 is 0 Å². The van der Waals surface area contributed by atoms with Crippen LogP contribution in [0.3, 0.4) is 0 Å². The number of aromatic nitrogens is 1. The summed E-state index contributed by atoms with van der Waals surface area (Å²) < 4.78 is 5.22. The molecule has 16 heavy (non-hydrogen) atoms. The summed E-state index contributed by atoms with van der Waals surface area (Å²) >= 11 is 0. The summed E-state index contributed by atoms with van der Waals surface area (Å²) in [4.78, 5) is 17.6. The fourth-order valence-electron chi connectivity index (χ4n) is 1.73. The summed E-state index contributed by atoms with van der Waals surface area (Å²) in [5.74, 6) is -0.101. The van der Waals surface area contributed by atoms with Crippen LogP contribution in [0.2, 0.25) is 0 Å². The molecule has 0 spiro atoms. The second kappa shape index (κ2) is 5.05. The van der Waals surface area contributed by atoms with Crippen molar-refractivity contribution in [3.63, 3.8) is 0 Å². The summed E-state index contributed by atoms with van der Waals surface area (Å²) in [7, 11) is 0. The summed E-state index contributed by atoms with van der Waals surface area (Å²) in [5.41, 5.74) is 0.544. The molecule has 1 unspecified atom stereocenters. The van der Waals surface area contributed by atoms with Crippen LogP contribution in [0.4, 0.5) is 0 Å². The predicted octanol–water partition coefficient (Wildman–Crippen LogP) is -0.0851. The summed E-state index contributed by atoms with van der Waals surface area (Å²) in [6.07, 6.45) is 3.16. The number of aliphatic hydroxyl groups excluding tert-OH is 1. The third-order valence-electron chi connectivity index (χ3n) is 2.61. The summed E-state index contributed by atoms with van der Waals surface area (Å²) in [5, 5.41) is 9.17. The van der Waals surface area contributed by atoms with Gasteiger partial charge in [-0.05, 0) is 12.1 Å². The van der Waals surface area contributed by atoms with Gasteiger partial charge in [0.15, 0.2) is 0 Å². The van der Waals surface area contributed by atoms with Crippen molar-refractivity contribution in [2.24, 2.45) is 0 Å². The number of morpholine rings is 1. The topological polar surface area (TPSA) is 62.7 Å². The average molecular weight is 222 g/mol. The van der Waals surface area contributed by atoms with E-state index in [0.717, 1.165) is 0 Å². The van der Waals surface area contributed by atoms with E-state index in [1.165, 1.54) is 6.20 Å². The van der Waals surface area contributed by atoms with Crippen LogP contribution in [0, 0.1) is 0 Å². The quantitative estimate of drug-likeness (QED) is 0.760. The highest BCUT2D eigenvalue weighted by Gasteiger charge is 2.27. The molecule has 5 nitrogen and oxygen atoms in total. The van der Waals surface area contributed by atoms with Crippen LogP contribution in [0.15, 0.2) is 24.5 Å². The van der Waals surface area contributed by atoms with Gasteiger partial charge in [0.2, 0.25) is 0 Å². The number of hydrogen-bond acceptors (Lipinski definition) is 4. The van der Waals surface area contributed by atoms with Gasteiger partial charge in [0.25, 0.3) is 5.91 Å². The van der Waals surface area contributed by atoms with Crippen LogP contribution in [0.5, 0.6) is 0 Å². The minimum Gasteiger partial charge on any atom is -0.394 e. The lowest BCUT2D eigenvalue weighted by Crippen LogP contribution is -2.50. The first kappa shape index (κ1) is 11.0. The molecule has 1 fully saturated rings. The van der Waals surface area contributed by atoms with E-state index >= 15 is 0 Å². The molecule has 1 aliphatic rings. The van der Waals surface area contributed by atoms with Crippen LogP contribution in [-0.2, 0) is 4.74 Å². The first-order valence-electron chi connectivity index (χ1n) is 5.22. The Bertz CT molecular complexity index is 356.